The maximum Gasteiger partial charge on any atom is 0.417 e. The molecule has 0 saturated heterocycles. The molecule has 1 amide bonds. The summed E-state index contributed by atoms with van der Waals surface area (Å²) >= 11 is 0. The number of nitrogens with zero attached hydrogens (tertiary/aromatic N) is 1. The van der Waals surface area contributed by atoms with E-state index < -0.39 is 23.2 Å². The van der Waals surface area contributed by atoms with Crippen LogP contribution in [0.2, 0.25) is 0 Å². The Labute approximate surface area is 73.1 Å². The molecule has 0 aliphatic carbocycles. The van der Waals surface area contributed by atoms with Crippen LogP contribution in [0.5, 0.6) is 0 Å². The maximum atomic E-state index is 12.2. The van der Waals surface area contributed by atoms with Crippen LogP contribution in [0.25, 0.3) is 0 Å². The average Bonchev–Trinajstić information content (AvgIpc) is 1.94. The Bertz CT molecular complexity index is 312. The smallest absolute Gasteiger partial charge is 0.267 e. The van der Waals surface area contributed by atoms with Crippen LogP contribution in [0.1, 0.15) is 13.8 Å². The Hall–Kier alpha value is -1.26. The molecule has 1 heterocycles. The summed E-state index contributed by atoms with van der Waals surface area (Å²) in [5, 5.41) is 3.34. The van der Waals surface area contributed by atoms with Crippen molar-refractivity contribution in [3.05, 3.63) is 22.9 Å². The van der Waals surface area contributed by atoms with E-state index >= 15 is 0 Å². The Morgan fingerprint density at radius 3 is 2.31 bits per heavy atom. The number of carbonyl (C=O) groups excluding carboxylic acids is 1. The fraction of sp³-hybridized carbons (Fsp3) is 0.375. The maximum absolute atomic E-state index is 12.2. The van der Waals surface area contributed by atoms with Gasteiger partial charge in [-0.2, -0.15) is 13.2 Å². The van der Waals surface area contributed by atoms with E-state index in [1.165, 1.54) is 6.92 Å². The molecule has 0 aromatic carbocycles. The molecule has 0 bridgehead atoms. The SMILES string of the molecule is CC1=[C]C(C(F)(F)F)=C(C)C(=O)[N]1. The third-order valence-corrected chi connectivity index (χ3v) is 1.55. The summed E-state index contributed by atoms with van der Waals surface area (Å²) in [6.45, 7) is 2.39. The second kappa shape index (κ2) is 2.90. The summed E-state index contributed by atoms with van der Waals surface area (Å²) in [5.41, 5.74) is -1.47. The molecule has 1 aliphatic heterocycles. The highest BCUT2D eigenvalue weighted by Gasteiger charge is 2.37. The minimum Gasteiger partial charge on any atom is -0.267 e. The van der Waals surface area contributed by atoms with E-state index in [9.17, 15) is 18.0 Å². The lowest BCUT2D eigenvalue weighted by Gasteiger charge is -2.15. The number of allylic oxidation sites excluding steroid dienone is 3. The van der Waals surface area contributed by atoms with Crippen molar-refractivity contribution in [3.63, 3.8) is 0 Å². The van der Waals surface area contributed by atoms with E-state index in [4.69, 9.17) is 0 Å². The summed E-state index contributed by atoms with van der Waals surface area (Å²) in [4.78, 5) is 10.9. The summed E-state index contributed by atoms with van der Waals surface area (Å²) < 4.78 is 36.6. The van der Waals surface area contributed by atoms with Gasteiger partial charge in [-0.15, -0.1) is 0 Å². The number of rotatable bonds is 0. The average molecular weight is 189 g/mol. The lowest BCUT2D eigenvalue weighted by Crippen LogP contribution is -2.26. The minimum atomic E-state index is -4.53. The van der Waals surface area contributed by atoms with Gasteiger partial charge in [-0.3, -0.25) is 4.79 Å². The standard InChI is InChI=1S/C8H6F3NO/c1-4-3-6(8(9,10)11)5(2)7(13)12-4/h1-2H3. The summed E-state index contributed by atoms with van der Waals surface area (Å²) in [7, 11) is 0. The van der Waals surface area contributed by atoms with E-state index in [1.807, 2.05) is 6.08 Å². The molecule has 0 spiro atoms. The van der Waals surface area contributed by atoms with Crippen molar-refractivity contribution in [3.8, 4) is 0 Å². The van der Waals surface area contributed by atoms with Gasteiger partial charge in [0.1, 0.15) is 0 Å². The molecule has 70 valence electrons. The van der Waals surface area contributed by atoms with Crippen molar-refractivity contribution < 1.29 is 18.0 Å². The second-order valence-corrected chi connectivity index (χ2v) is 2.63. The van der Waals surface area contributed by atoms with Crippen molar-refractivity contribution in [2.45, 2.75) is 20.0 Å². The third kappa shape index (κ3) is 1.91. The van der Waals surface area contributed by atoms with E-state index in [0.29, 0.717) is 0 Å². The third-order valence-electron chi connectivity index (χ3n) is 1.55. The lowest BCUT2D eigenvalue weighted by molar-refractivity contribution is -0.119. The van der Waals surface area contributed by atoms with E-state index in [-0.39, 0.29) is 5.70 Å². The fourth-order valence-corrected chi connectivity index (χ4v) is 0.929. The Morgan fingerprint density at radius 1 is 1.31 bits per heavy atom. The van der Waals surface area contributed by atoms with Crippen molar-refractivity contribution in [2.24, 2.45) is 0 Å². The van der Waals surface area contributed by atoms with Crippen LogP contribution in [0.3, 0.4) is 0 Å². The topological polar surface area (TPSA) is 31.2 Å². The zero-order valence-electron chi connectivity index (χ0n) is 6.99. The first-order valence-corrected chi connectivity index (χ1v) is 3.47. The van der Waals surface area contributed by atoms with Gasteiger partial charge in [0.05, 0.1) is 11.3 Å². The fourth-order valence-electron chi connectivity index (χ4n) is 0.929. The Balaban J connectivity index is 3.19. The summed E-state index contributed by atoms with van der Waals surface area (Å²) in [6, 6.07) is 0. The van der Waals surface area contributed by atoms with Crippen LogP contribution in [-0.2, 0) is 4.79 Å². The largest absolute Gasteiger partial charge is 0.417 e. The lowest BCUT2D eigenvalue weighted by atomic mass is 10.0. The second-order valence-electron chi connectivity index (χ2n) is 2.63. The van der Waals surface area contributed by atoms with E-state index in [0.717, 1.165) is 6.92 Å². The zero-order valence-corrected chi connectivity index (χ0v) is 6.99. The number of hydrogen-bond donors (Lipinski definition) is 0. The van der Waals surface area contributed by atoms with Gasteiger partial charge in [-0.1, -0.05) is 0 Å². The molecule has 0 unspecified atom stereocenters. The van der Waals surface area contributed by atoms with Gasteiger partial charge in [0.2, 0.25) is 0 Å². The molecule has 0 aromatic rings. The number of halogens is 3. The van der Waals surface area contributed by atoms with Crippen molar-refractivity contribution >= 4 is 5.91 Å². The minimum absolute atomic E-state index is 0.0390. The van der Waals surface area contributed by atoms with Crippen LogP contribution in [0.15, 0.2) is 16.8 Å². The molecule has 1 rings (SSSR count). The highest BCUT2D eigenvalue weighted by molar-refractivity contribution is 5.96. The molecular formula is C8H6F3NO. The van der Waals surface area contributed by atoms with Gasteiger partial charge in [0, 0.05) is 11.6 Å². The molecule has 2 nitrogen and oxygen atoms in total. The van der Waals surface area contributed by atoms with Crippen molar-refractivity contribution in [1.29, 1.82) is 0 Å². The van der Waals surface area contributed by atoms with Crippen LogP contribution >= 0.6 is 0 Å². The highest BCUT2D eigenvalue weighted by atomic mass is 19.4. The molecule has 0 saturated carbocycles. The number of alkyl halides is 3. The van der Waals surface area contributed by atoms with Crippen molar-refractivity contribution in [1.82, 2.24) is 5.32 Å². The van der Waals surface area contributed by atoms with Gasteiger partial charge in [0.15, 0.2) is 0 Å². The van der Waals surface area contributed by atoms with Gasteiger partial charge in [-0.05, 0) is 13.8 Å². The monoisotopic (exact) mass is 189 g/mol. The molecule has 1 aliphatic rings. The number of hydrogen-bond acceptors (Lipinski definition) is 1. The molecule has 0 N–H and O–H groups in total. The van der Waals surface area contributed by atoms with Gasteiger partial charge < -0.3 is 0 Å². The van der Waals surface area contributed by atoms with Crippen LogP contribution < -0.4 is 5.32 Å². The van der Waals surface area contributed by atoms with Crippen molar-refractivity contribution in [2.75, 3.05) is 0 Å². The first-order valence-electron chi connectivity index (χ1n) is 3.47. The first-order chi connectivity index (χ1) is 5.82. The molecule has 5 heteroatoms. The normalized spacial score (nSPS) is 18.5. The van der Waals surface area contributed by atoms with E-state index in [2.05, 4.69) is 5.32 Å². The zero-order chi connectivity index (χ0) is 10.2. The molecular weight excluding hydrogens is 183 g/mol. The molecule has 0 fully saturated rings. The predicted molar refractivity (Wildman–Crippen MR) is 38.3 cm³/mol. The molecule has 0 aromatic heterocycles. The van der Waals surface area contributed by atoms with Crippen LogP contribution in [0.4, 0.5) is 13.2 Å². The van der Waals surface area contributed by atoms with Gasteiger partial charge >= 0.3 is 6.18 Å². The quantitative estimate of drug-likeness (QED) is 0.570. The van der Waals surface area contributed by atoms with E-state index in [1.54, 1.807) is 0 Å². The molecule has 13 heavy (non-hydrogen) atoms. The van der Waals surface area contributed by atoms with Gasteiger partial charge in [-0.25, -0.2) is 5.32 Å². The summed E-state index contributed by atoms with van der Waals surface area (Å²) in [6.07, 6.45) is -2.51. The summed E-state index contributed by atoms with van der Waals surface area (Å²) in [5.74, 6) is -0.844. The number of amides is 1. The molecule has 2 radical (unpaired) electrons. The highest BCUT2D eigenvalue weighted by Crippen LogP contribution is 2.31. The number of carbonyl (C=O) groups is 1. The molecule has 0 atom stereocenters. The van der Waals surface area contributed by atoms with Gasteiger partial charge in [0.25, 0.3) is 5.91 Å². The first kappa shape index (κ1) is 9.83. The van der Waals surface area contributed by atoms with Crippen LogP contribution in [0, 0.1) is 6.08 Å². The van der Waals surface area contributed by atoms with Crippen LogP contribution in [-0.4, -0.2) is 12.1 Å². The Morgan fingerprint density at radius 2 is 1.85 bits per heavy atom. The predicted octanol–water partition coefficient (Wildman–Crippen LogP) is 1.72. The Kier molecular flexibility index (Phi) is 2.19.